The summed E-state index contributed by atoms with van der Waals surface area (Å²) in [7, 11) is 0. The van der Waals surface area contributed by atoms with E-state index in [1.165, 1.54) is 39.3 Å². The summed E-state index contributed by atoms with van der Waals surface area (Å²) in [6, 6.07) is 18.6. The number of aromatic nitrogens is 2. The summed E-state index contributed by atoms with van der Waals surface area (Å²) in [5.41, 5.74) is 12.3. The van der Waals surface area contributed by atoms with Crippen molar-refractivity contribution in [1.82, 2.24) is 14.9 Å². The van der Waals surface area contributed by atoms with E-state index in [1.54, 1.807) is 0 Å². The summed E-state index contributed by atoms with van der Waals surface area (Å²) < 4.78 is 2.38. The minimum Gasteiger partial charge on any atom is -0.351 e. The highest BCUT2D eigenvalue weighted by Crippen LogP contribution is 2.44. The third-order valence-corrected chi connectivity index (χ3v) is 8.14. The van der Waals surface area contributed by atoms with Crippen molar-refractivity contribution in [2.24, 2.45) is 0 Å². The molecule has 2 N–H and O–H groups in total. The van der Waals surface area contributed by atoms with Crippen molar-refractivity contribution >= 4 is 34.6 Å². The van der Waals surface area contributed by atoms with Gasteiger partial charge in [0, 0.05) is 35.4 Å². The van der Waals surface area contributed by atoms with Crippen molar-refractivity contribution in [1.29, 1.82) is 0 Å². The average Bonchev–Trinajstić information content (AvgIpc) is 3.40. The van der Waals surface area contributed by atoms with Gasteiger partial charge in [-0.2, -0.15) is 0 Å². The summed E-state index contributed by atoms with van der Waals surface area (Å²) in [4.78, 5) is 19.0. The highest BCUT2D eigenvalue weighted by molar-refractivity contribution is 7.80. The maximum Gasteiger partial charge on any atom is 0.224 e. The lowest BCUT2D eigenvalue weighted by atomic mass is 9.96. The van der Waals surface area contributed by atoms with Crippen molar-refractivity contribution in [3.63, 3.8) is 0 Å². The minimum absolute atomic E-state index is 0.00330. The van der Waals surface area contributed by atoms with Crippen molar-refractivity contribution in [2.75, 3.05) is 10.2 Å². The van der Waals surface area contributed by atoms with Gasteiger partial charge in [-0.3, -0.25) is 9.78 Å². The van der Waals surface area contributed by atoms with E-state index in [0.29, 0.717) is 11.5 Å². The van der Waals surface area contributed by atoms with E-state index in [1.807, 2.05) is 44.3 Å². The molecule has 1 aliphatic heterocycles. The zero-order valence-corrected chi connectivity index (χ0v) is 25.1. The maximum absolute atomic E-state index is 12.1. The SMILES string of the molecule is CCC(=O)Nc1ccc(N2C(=S)N[C@@H](c3ccccn3)[C@H]2c2cc(C)n(-c3c(C)cc(C)cc3C)c2C)cc1C. The van der Waals surface area contributed by atoms with Gasteiger partial charge in [0.2, 0.25) is 5.91 Å². The molecule has 2 aromatic heterocycles. The van der Waals surface area contributed by atoms with Gasteiger partial charge in [0.15, 0.2) is 5.11 Å². The summed E-state index contributed by atoms with van der Waals surface area (Å²) in [5, 5.41) is 7.24. The molecule has 2 aromatic carbocycles. The second-order valence-corrected chi connectivity index (χ2v) is 11.2. The summed E-state index contributed by atoms with van der Waals surface area (Å²) in [6.07, 6.45) is 2.27. The van der Waals surface area contributed by atoms with Gasteiger partial charge in [0.25, 0.3) is 0 Å². The minimum atomic E-state index is -0.136. The first-order valence-electron chi connectivity index (χ1n) is 13.8. The number of nitrogens with zero attached hydrogens (tertiary/aromatic N) is 3. The number of pyridine rings is 1. The lowest BCUT2D eigenvalue weighted by molar-refractivity contribution is -0.115. The molecular formula is C33H37N5OS. The number of carbonyl (C=O) groups is 1. The van der Waals surface area contributed by atoms with E-state index in [-0.39, 0.29) is 18.0 Å². The smallest absolute Gasteiger partial charge is 0.224 e. The van der Waals surface area contributed by atoms with Crippen LogP contribution in [0.1, 0.15) is 70.3 Å². The Morgan fingerprint density at radius 1 is 0.975 bits per heavy atom. The van der Waals surface area contributed by atoms with Crippen LogP contribution in [0, 0.1) is 41.5 Å². The van der Waals surface area contributed by atoms with Gasteiger partial charge in [0.1, 0.15) is 0 Å². The molecule has 0 saturated carbocycles. The van der Waals surface area contributed by atoms with Gasteiger partial charge < -0.3 is 20.1 Å². The fourth-order valence-corrected chi connectivity index (χ4v) is 6.43. The molecule has 0 bridgehead atoms. The maximum atomic E-state index is 12.1. The molecule has 2 atom stereocenters. The number of hydrogen-bond donors (Lipinski definition) is 2. The van der Waals surface area contributed by atoms with Gasteiger partial charge in [0.05, 0.1) is 23.5 Å². The summed E-state index contributed by atoms with van der Waals surface area (Å²) >= 11 is 5.98. The molecule has 1 aliphatic rings. The number of anilines is 2. The van der Waals surface area contributed by atoms with Gasteiger partial charge >= 0.3 is 0 Å². The second kappa shape index (κ2) is 10.9. The van der Waals surface area contributed by atoms with E-state index >= 15 is 0 Å². The molecule has 5 rings (SSSR count). The largest absolute Gasteiger partial charge is 0.351 e. The molecule has 206 valence electrons. The first-order chi connectivity index (χ1) is 19.1. The van der Waals surface area contributed by atoms with Crippen LogP contribution >= 0.6 is 12.2 Å². The monoisotopic (exact) mass is 551 g/mol. The molecule has 1 saturated heterocycles. The highest BCUT2D eigenvalue weighted by atomic mass is 32.1. The van der Waals surface area contributed by atoms with Crippen molar-refractivity contribution in [3.8, 4) is 5.69 Å². The molecule has 4 aromatic rings. The van der Waals surface area contributed by atoms with E-state index < -0.39 is 0 Å². The Morgan fingerprint density at radius 2 is 1.70 bits per heavy atom. The predicted molar refractivity (Wildman–Crippen MR) is 167 cm³/mol. The van der Waals surface area contributed by atoms with Crippen LogP contribution in [0.4, 0.5) is 11.4 Å². The third kappa shape index (κ3) is 4.90. The zero-order chi connectivity index (χ0) is 28.7. The zero-order valence-electron chi connectivity index (χ0n) is 24.3. The Morgan fingerprint density at radius 3 is 2.33 bits per heavy atom. The van der Waals surface area contributed by atoms with Crippen LogP contribution in [-0.4, -0.2) is 20.6 Å². The summed E-state index contributed by atoms with van der Waals surface area (Å²) in [6.45, 7) is 14.8. The van der Waals surface area contributed by atoms with Crippen LogP contribution < -0.4 is 15.5 Å². The predicted octanol–water partition coefficient (Wildman–Crippen LogP) is 7.25. The number of rotatable bonds is 6. The molecule has 3 heterocycles. The first-order valence-corrected chi connectivity index (χ1v) is 14.2. The molecule has 40 heavy (non-hydrogen) atoms. The lowest BCUT2D eigenvalue weighted by Crippen LogP contribution is -2.29. The molecule has 7 heteroatoms. The van der Waals surface area contributed by atoms with Crippen molar-refractivity contribution in [2.45, 2.75) is 67.0 Å². The average molecular weight is 552 g/mol. The number of amides is 1. The van der Waals surface area contributed by atoms with Crippen molar-refractivity contribution < 1.29 is 4.79 Å². The van der Waals surface area contributed by atoms with E-state index in [4.69, 9.17) is 17.2 Å². The second-order valence-electron chi connectivity index (χ2n) is 10.8. The van der Waals surface area contributed by atoms with Crippen molar-refractivity contribution in [3.05, 3.63) is 106 Å². The number of thiocarbonyl (C=S) groups is 1. The number of benzene rings is 2. The van der Waals surface area contributed by atoms with Gasteiger partial charge in [-0.1, -0.05) is 30.7 Å². The Kier molecular flexibility index (Phi) is 7.51. The van der Waals surface area contributed by atoms with E-state index in [0.717, 1.165) is 22.6 Å². The molecule has 0 aliphatic carbocycles. The summed E-state index contributed by atoms with van der Waals surface area (Å²) in [5.74, 6) is -0.00330. The van der Waals surface area contributed by atoms with Crippen LogP contribution in [0.15, 0.2) is 60.8 Å². The number of hydrogen-bond acceptors (Lipinski definition) is 3. The van der Waals surface area contributed by atoms with Gasteiger partial charge in [-0.25, -0.2) is 0 Å². The van der Waals surface area contributed by atoms with Gasteiger partial charge in [-0.05, 0) is 112 Å². The highest BCUT2D eigenvalue weighted by Gasteiger charge is 2.42. The van der Waals surface area contributed by atoms with E-state index in [9.17, 15) is 4.79 Å². The topological polar surface area (TPSA) is 62.2 Å². The fourth-order valence-electron chi connectivity index (χ4n) is 6.08. The Balaban J connectivity index is 1.66. The normalized spacial score (nSPS) is 16.8. The van der Waals surface area contributed by atoms with E-state index in [2.05, 4.69) is 85.1 Å². The first kappa shape index (κ1) is 27.6. The third-order valence-electron chi connectivity index (χ3n) is 7.83. The van der Waals surface area contributed by atoms with Gasteiger partial charge in [-0.15, -0.1) is 0 Å². The van der Waals surface area contributed by atoms with Crippen LogP contribution in [0.5, 0.6) is 0 Å². The molecule has 0 unspecified atom stereocenters. The molecule has 1 fully saturated rings. The van der Waals surface area contributed by atoms with Crippen LogP contribution in [0.25, 0.3) is 5.69 Å². The number of aryl methyl sites for hydroxylation is 5. The molecule has 0 radical (unpaired) electrons. The fraction of sp³-hybridized carbons (Fsp3) is 0.303. The molecular weight excluding hydrogens is 514 g/mol. The Bertz CT molecular complexity index is 1580. The molecule has 0 spiro atoms. The lowest BCUT2D eigenvalue weighted by Gasteiger charge is -2.29. The van der Waals surface area contributed by atoms with Crippen LogP contribution in [-0.2, 0) is 4.79 Å². The standard InChI is InChI=1S/C33H37N5OS/c1-8-29(39)35-27-13-12-25(17-20(27)3)38-32(30(36-33(38)40)28-11-9-10-14-34-28)26-18-23(6)37(24(26)7)31-21(4)15-19(2)16-22(31)5/h9-18,30,32H,8H2,1-7H3,(H,35,39)(H,36,40)/t30-,32+/m0/s1. The van der Waals surface area contributed by atoms with Crippen LogP contribution in [0.2, 0.25) is 0 Å². The Labute approximate surface area is 242 Å². The molecule has 1 amide bonds. The van der Waals surface area contributed by atoms with Crippen LogP contribution in [0.3, 0.4) is 0 Å². The molecule has 6 nitrogen and oxygen atoms in total. The number of nitrogens with one attached hydrogen (secondary N) is 2. The number of carbonyl (C=O) groups excluding carboxylic acids is 1. The quantitative estimate of drug-likeness (QED) is 0.247. The Hall–Kier alpha value is -3.97.